The fraction of sp³-hybridized carbons (Fsp3) is 0.222. The Morgan fingerprint density at radius 3 is 2.48 bits per heavy atom. The van der Waals surface area contributed by atoms with Crippen molar-refractivity contribution >= 4 is 17.5 Å². The van der Waals surface area contributed by atoms with Crippen molar-refractivity contribution < 1.29 is 23.5 Å². The largest absolute Gasteiger partial charge is 0.497 e. The molecule has 132 valence electrons. The van der Waals surface area contributed by atoms with Gasteiger partial charge in [-0.2, -0.15) is 0 Å². The van der Waals surface area contributed by atoms with E-state index in [0.717, 1.165) is 0 Å². The number of methoxy groups -OCH3 is 2. The van der Waals surface area contributed by atoms with E-state index >= 15 is 0 Å². The molecular weight excluding hydrogens is 327 g/mol. The number of anilines is 1. The molecule has 2 N–H and O–H groups in total. The van der Waals surface area contributed by atoms with Crippen LogP contribution in [0.3, 0.4) is 0 Å². The van der Waals surface area contributed by atoms with Crippen molar-refractivity contribution in [2.24, 2.45) is 0 Å². The van der Waals surface area contributed by atoms with E-state index in [4.69, 9.17) is 9.47 Å². The Morgan fingerprint density at radius 2 is 1.80 bits per heavy atom. The van der Waals surface area contributed by atoms with E-state index in [1.54, 1.807) is 36.4 Å². The molecule has 0 aliphatic heterocycles. The molecular formula is C18H19FN2O4. The van der Waals surface area contributed by atoms with Crippen molar-refractivity contribution in [3.63, 3.8) is 0 Å². The quantitative estimate of drug-likeness (QED) is 0.786. The zero-order chi connectivity index (χ0) is 18.2. The molecule has 0 saturated heterocycles. The zero-order valence-electron chi connectivity index (χ0n) is 14.0. The molecule has 0 aliphatic carbocycles. The van der Waals surface area contributed by atoms with Gasteiger partial charge in [0, 0.05) is 12.6 Å². The minimum atomic E-state index is -0.836. The van der Waals surface area contributed by atoms with Crippen molar-refractivity contribution in [3.8, 4) is 11.5 Å². The minimum absolute atomic E-state index is 0.146. The summed E-state index contributed by atoms with van der Waals surface area (Å²) in [6.07, 6.45) is 0.289. The molecule has 0 fully saturated rings. The van der Waals surface area contributed by atoms with E-state index in [0.29, 0.717) is 22.7 Å². The molecule has 2 aromatic rings. The summed E-state index contributed by atoms with van der Waals surface area (Å²) in [5.74, 6) is -1.06. The molecule has 6 nitrogen and oxygen atoms in total. The molecule has 0 radical (unpaired) electrons. The van der Waals surface area contributed by atoms with Gasteiger partial charge in [-0.15, -0.1) is 0 Å². The summed E-state index contributed by atoms with van der Waals surface area (Å²) in [7, 11) is 2.95. The Kier molecular flexibility index (Phi) is 6.33. The van der Waals surface area contributed by atoms with Crippen LogP contribution in [0.15, 0.2) is 42.5 Å². The van der Waals surface area contributed by atoms with E-state index < -0.39 is 11.8 Å². The number of rotatable bonds is 6. The lowest BCUT2D eigenvalue weighted by molar-refractivity contribution is -0.136. The number of benzene rings is 2. The molecule has 0 atom stereocenters. The maximum atomic E-state index is 13.5. The Bertz CT molecular complexity index is 764. The first-order valence-corrected chi connectivity index (χ1v) is 7.59. The maximum Gasteiger partial charge on any atom is 0.313 e. The van der Waals surface area contributed by atoms with Crippen molar-refractivity contribution in [2.75, 3.05) is 26.1 Å². The van der Waals surface area contributed by atoms with Gasteiger partial charge in [0.15, 0.2) is 0 Å². The molecule has 2 aromatic carbocycles. The minimum Gasteiger partial charge on any atom is -0.497 e. The van der Waals surface area contributed by atoms with Crippen LogP contribution in [0.5, 0.6) is 11.5 Å². The Hall–Kier alpha value is -3.09. The van der Waals surface area contributed by atoms with Gasteiger partial charge in [0.1, 0.15) is 17.3 Å². The normalized spacial score (nSPS) is 10.0. The van der Waals surface area contributed by atoms with Crippen molar-refractivity contribution in [2.45, 2.75) is 6.42 Å². The van der Waals surface area contributed by atoms with Crippen LogP contribution >= 0.6 is 0 Å². The van der Waals surface area contributed by atoms with Gasteiger partial charge in [-0.25, -0.2) is 4.39 Å². The summed E-state index contributed by atoms with van der Waals surface area (Å²) >= 11 is 0. The highest BCUT2D eigenvalue weighted by Gasteiger charge is 2.16. The van der Waals surface area contributed by atoms with Gasteiger partial charge in [0.25, 0.3) is 0 Å². The first kappa shape index (κ1) is 18.3. The number of nitrogens with one attached hydrogen (secondary N) is 2. The van der Waals surface area contributed by atoms with Crippen LogP contribution in [0, 0.1) is 5.82 Å². The second-order valence-corrected chi connectivity index (χ2v) is 5.12. The third-order valence-corrected chi connectivity index (χ3v) is 3.50. The molecule has 2 rings (SSSR count). The predicted octanol–water partition coefficient (Wildman–Crippen LogP) is 2.14. The maximum absolute atomic E-state index is 13.5. The highest BCUT2D eigenvalue weighted by atomic mass is 19.1. The molecule has 0 spiro atoms. The van der Waals surface area contributed by atoms with E-state index in [-0.39, 0.29) is 18.8 Å². The van der Waals surface area contributed by atoms with E-state index in [1.807, 2.05) is 0 Å². The second kappa shape index (κ2) is 8.68. The van der Waals surface area contributed by atoms with Crippen LogP contribution in [-0.4, -0.2) is 32.6 Å². The third-order valence-electron chi connectivity index (χ3n) is 3.50. The average Bonchev–Trinajstić information content (AvgIpc) is 2.63. The lowest BCUT2D eigenvalue weighted by Crippen LogP contribution is -2.36. The number of carbonyl (C=O) groups excluding carboxylic acids is 2. The highest BCUT2D eigenvalue weighted by Crippen LogP contribution is 2.28. The smallest absolute Gasteiger partial charge is 0.313 e. The zero-order valence-corrected chi connectivity index (χ0v) is 14.0. The Balaban J connectivity index is 1.90. The molecule has 0 saturated carbocycles. The molecule has 0 aromatic heterocycles. The first-order chi connectivity index (χ1) is 12.0. The molecule has 0 unspecified atom stereocenters. The summed E-state index contributed by atoms with van der Waals surface area (Å²) in [5.41, 5.74) is 0.817. The highest BCUT2D eigenvalue weighted by molar-refractivity contribution is 6.39. The van der Waals surface area contributed by atoms with Crippen LogP contribution < -0.4 is 20.1 Å². The topological polar surface area (TPSA) is 76.7 Å². The van der Waals surface area contributed by atoms with Crippen molar-refractivity contribution in [1.29, 1.82) is 0 Å². The lowest BCUT2D eigenvalue weighted by atomic mass is 10.1. The molecule has 0 bridgehead atoms. The Morgan fingerprint density at radius 1 is 1.04 bits per heavy atom. The van der Waals surface area contributed by atoms with Crippen LogP contribution in [0.4, 0.5) is 10.1 Å². The van der Waals surface area contributed by atoms with Crippen LogP contribution in [0.1, 0.15) is 5.56 Å². The number of ether oxygens (including phenoxy) is 2. The molecule has 2 amide bonds. The van der Waals surface area contributed by atoms with Gasteiger partial charge in [-0.3, -0.25) is 9.59 Å². The van der Waals surface area contributed by atoms with Gasteiger partial charge >= 0.3 is 11.8 Å². The number of hydrogen-bond acceptors (Lipinski definition) is 4. The fourth-order valence-electron chi connectivity index (χ4n) is 2.17. The SMILES string of the molecule is COc1ccc(NC(=O)C(=O)NCCc2ccccc2F)c(OC)c1. The number of carbonyl (C=O) groups is 2. The summed E-state index contributed by atoms with van der Waals surface area (Å²) in [6, 6.07) is 11.1. The monoisotopic (exact) mass is 346 g/mol. The predicted molar refractivity (Wildman–Crippen MR) is 91.3 cm³/mol. The van der Waals surface area contributed by atoms with Gasteiger partial charge in [0.2, 0.25) is 0 Å². The van der Waals surface area contributed by atoms with E-state index in [2.05, 4.69) is 10.6 Å². The summed E-state index contributed by atoms with van der Waals surface area (Å²) in [5, 5.41) is 4.92. The lowest BCUT2D eigenvalue weighted by Gasteiger charge is -2.11. The average molecular weight is 346 g/mol. The summed E-state index contributed by atoms with van der Waals surface area (Å²) in [4.78, 5) is 23.8. The van der Waals surface area contributed by atoms with Gasteiger partial charge < -0.3 is 20.1 Å². The molecule has 7 heteroatoms. The standard InChI is InChI=1S/C18H19FN2O4/c1-24-13-7-8-15(16(11-13)25-2)21-18(23)17(22)20-10-9-12-5-3-4-6-14(12)19/h3-8,11H,9-10H2,1-2H3,(H,20,22)(H,21,23). The van der Waals surface area contributed by atoms with Gasteiger partial charge in [-0.05, 0) is 30.2 Å². The number of amides is 2. The second-order valence-electron chi connectivity index (χ2n) is 5.12. The molecule has 0 aliphatic rings. The number of halogens is 1. The van der Waals surface area contributed by atoms with Crippen molar-refractivity contribution in [1.82, 2.24) is 5.32 Å². The van der Waals surface area contributed by atoms with E-state index in [9.17, 15) is 14.0 Å². The third kappa shape index (κ3) is 4.94. The van der Waals surface area contributed by atoms with Crippen LogP contribution in [-0.2, 0) is 16.0 Å². The summed E-state index contributed by atoms with van der Waals surface area (Å²) in [6.45, 7) is 0.146. The van der Waals surface area contributed by atoms with Gasteiger partial charge in [-0.1, -0.05) is 18.2 Å². The molecule has 25 heavy (non-hydrogen) atoms. The Labute approximate surface area is 144 Å². The van der Waals surface area contributed by atoms with Gasteiger partial charge in [0.05, 0.1) is 19.9 Å². The van der Waals surface area contributed by atoms with Crippen LogP contribution in [0.2, 0.25) is 0 Å². The summed E-state index contributed by atoms with van der Waals surface area (Å²) < 4.78 is 23.7. The van der Waals surface area contributed by atoms with Crippen LogP contribution in [0.25, 0.3) is 0 Å². The molecule has 0 heterocycles. The van der Waals surface area contributed by atoms with Crippen molar-refractivity contribution in [3.05, 3.63) is 53.8 Å². The number of hydrogen-bond donors (Lipinski definition) is 2. The fourth-order valence-corrected chi connectivity index (χ4v) is 2.17. The van der Waals surface area contributed by atoms with E-state index in [1.165, 1.54) is 20.3 Å². The first-order valence-electron chi connectivity index (χ1n) is 7.59.